The fourth-order valence-electron chi connectivity index (χ4n) is 2.23. The van der Waals surface area contributed by atoms with E-state index in [1.54, 1.807) is 24.3 Å². The van der Waals surface area contributed by atoms with Crippen molar-refractivity contribution < 1.29 is 22.1 Å². The highest BCUT2D eigenvalue weighted by molar-refractivity contribution is 7.86. The molecule has 0 bridgehead atoms. The van der Waals surface area contributed by atoms with Crippen LogP contribution in [0.2, 0.25) is 0 Å². The van der Waals surface area contributed by atoms with E-state index < -0.39 is 16.2 Å². The molecule has 0 amide bonds. The van der Waals surface area contributed by atoms with Gasteiger partial charge in [0.2, 0.25) is 0 Å². The molecule has 24 heavy (non-hydrogen) atoms. The Bertz CT molecular complexity index is 850. The van der Waals surface area contributed by atoms with Gasteiger partial charge in [-0.2, -0.15) is 8.42 Å². The van der Waals surface area contributed by atoms with Crippen molar-refractivity contribution in [2.24, 2.45) is 0 Å². The number of anilines is 2. The second-order valence-corrected chi connectivity index (χ2v) is 7.11. The second kappa shape index (κ2) is 6.21. The van der Waals surface area contributed by atoms with Crippen LogP contribution in [0.15, 0.2) is 41.3 Å². The lowest BCUT2D eigenvalue weighted by Crippen LogP contribution is -2.34. The van der Waals surface area contributed by atoms with Crippen LogP contribution >= 0.6 is 0 Å². The van der Waals surface area contributed by atoms with E-state index in [1.165, 1.54) is 12.1 Å². The molecule has 4 N–H and O–H groups in total. The minimum Gasteiger partial charge on any atom is -0.486 e. The Morgan fingerprint density at radius 3 is 2.58 bits per heavy atom. The highest BCUT2D eigenvalue weighted by Crippen LogP contribution is 2.40. The lowest BCUT2D eigenvalue weighted by atomic mass is 10.2. The van der Waals surface area contributed by atoms with Gasteiger partial charge in [0.15, 0.2) is 17.6 Å². The van der Waals surface area contributed by atoms with Crippen LogP contribution in [0.1, 0.15) is 5.56 Å². The van der Waals surface area contributed by atoms with Gasteiger partial charge in [0.25, 0.3) is 10.1 Å². The normalized spacial score (nSPS) is 16.8. The summed E-state index contributed by atoms with van der Waals surface area (Å²) in [6, 6.07) is 9.68. The molecule has 2 aromatic rings. The molecule has 2 aromatic carbocycles. The summed E-state index contributed by atoms with van der Waals surface area (Å²) >= 11 is 0. The molecule has 1 heterocycles. The van der Waals surface area contributed by atoms with E-state index in [0.29, 0.717) is 17.2 Å². The molecule has 1 aliphatic heterocycles. The van der Waals surface area contributed by atoms with Crippen LogP contribution in [0.5, 0.6) is 11.5 Å². The van der Waals surface area contributed by atoms with E-state index in [0.717, 1.165) is 5.56 Å². The van der Waals surface area contributed by atoms with Gasteiger partial charge in [0.1, 0.15) is 18.9 Å². The summed E-state index contributed by atoms with van der Waals surface area (Å²) in [5.41, 5.74) is 13.2. The van der Waals surface area contributed by atoms with Crippen molar-refractivity contribution in [3.8, 4) is 11.5 Å². The molecule has 0 radical (unpaired) electrons. The summed E-state index contributed by atoms with van der Waals surface area (Å²) in [5, 5.41) is 0. The molecule has 7 nitrogen and oxygen atoms in total. The number of nitrogens with two attached hydrogens (primary N) is 2. The lowest BCUT2D eigenvalue weighted by molar-refractivity contribution is 0.0564. The molecule has 0 unspecified atom stereocenters. The molecule has 1 aliphatic rings. The summed E-state index contributed by atoms with van der Waals surface area (Å²) < 4.78 is 40.7. The number of benzene rings is 2. The van der Waals surface area contributed by atoms with Crippen molar-refractivity contribution in [2.45, 2.75) is 17.9 Å². The third kappa shape index (κ3) is 3.24. The predicted molar refractivity (Wildman–Crippen MR) is 89.5 cm³/mol. The SMILES string of the molecule is Cc1ccc(S(=O)(=O)OC[C@H]2COc3ccc(N)c(N)c3O2)cc1. The fraction of sp³-hybridized carbons (Fsp3) is 0.250. The van der Waals surface area contributed by atoms with Crippen molar-refractivity contribution >= 4 is 21.5 Å². The van der Waals surface area contributed by atoms with Gasteiger partial charge in [-0.15, -0.1) is 0 Å². The first-order chi connectivity index (χ1) is 11.4. The number of aryl methyl sites for hydroxylation is 1. The first-order valence-electron chi connectivity index (χ1n) is 7.30. The fourth-order valence-corrected chi connectivity index (χ4v) is 3.17. The minimum absolute atomic E-state index is 0.0917. The van der Waals surface area contributed by atoms with Gasteiger partial charge in [-0.05, 0) is 31.2 Å². The number of hydrogen-bond acceptors (Lipinski definition) is 7. The van der Waals surface area contributed by atoms with Gasteiger partial charge < -0.3 is 20.9 Å². The monoisotopic (exact) mass is 350 g/mol. The topological polar surface area (TPSA) is 114 Å². The van der Waals surface area contributed by atoms with Gasteiger partial charge in [0, 0.05) is 0 Å². The molecule has 128 valence electrons. The average molecular weight is 350 g/mol. The molecule has 8 heteroatoms. The van der Waals surface area contributed by atoms with E-state index in [2.05, 4.69) is 0 Å². The highest BCUT2D eigenvalue weighted by Gasteiger charge is 2.26. The highest BCUT2D eigenvalue weighted by atomic mass is 32.2. The zero-order valence-corrected chi connectivity index (χ0v) is 13.9. The summed E-state index contributed by atoms with van der Waals surface area (Å²) in [7, 11) is -3.86. The van der Waals surface area contributed by atoms with Crippen LogP contribution in [0.3, 0.4) is 0 Å². The summed E-state index contributed by atoms with van der Waals surface area (Å²) in [4.78, 5) is 0.0917. The Kier molecular flexibility index (Phi) is 4.25. The smallest absolute Gasteiger partial charge is 0.297 e. The van der Waals surface area contributed by atoms with Crippen LogP contribution in [0.4, 0.5) is 11.4 Å². The Balaban J connectivity index is 1.69. The van der Waals surface area contributed by atoms with E-state index in [4.69, 9.17) is 25.1 Å². The van der Waals surface area contributed by atoms with Crippen LogP contribution in [-0.2, 0) is 14.3 Å². The van der Waals surface area contributed by atoms with Gasteiger partial charge >= 0.3 is 0 Å². The Labute approximate surface area is 140 Å². The van der Waals surface area contributed by atoms with E-state index in [1.807, 2.05) is 6.92 Å². The third-order valence-corrected chi connectivity index (χ3v) is 4.92. The molecule has 0 saturated heterocycles. The van der Waals surface area contributed by atoms with Gasteiger partial charge in [-0.1, -0.05) is 17.7 Å². The maximum absolute atomic E-state index is 12.2. The molecular formula is C16H18N2O5S. The first-order valence-corrected chi connectivity index (χ1v) is 8.71. The van der Waals surface area contributed by atoms with Gasteiger partial charge in [-0.3, -0.25) is 4.18 Å². The van der Waals surface area contributed by atoms with Crippen LogP contribution in [-0.4, -0.2) is 27.7 Å². The predicted octanol–water partition coefficient (Wildman–Crippen LogP) is 1.70. The average Bonchev–Trinajstić information content (AvgIpc) is 2.57. The number of hydrogen-bond donors (Lipinski definition) is 2. The third-order valence-electron chi connectivity index (χ3n) is 3.62. The molecule has 3 rings (SSSR count). The number of nitrogen functional groups attached to an aromatic ring is 2. The van der Waals surface area contributed by atoms with E-state index in [9.17, 15) is 8.42 Å². The number of fused-ring (bicyclic) bond motifs is 1. The molecule has 0 aliphatic carbocycles. The summed E-state index contributed by atoms with van der Waals surface area (Å²) in [5.74, 6) is 0.780. The maximum Gasteiger partial charge on any atom is 0.297 e. The van der Waals surface area contributed by atoms with Gasteiger partial charge in [-0.25, -0.2) is 0 Å². The van der Waals surface area contributed by atoms with Crippen molar-refractivity contribution in [1.29, 1.82) is 0 Å². The largest absolute Gasteiger partial charge is 0.486 e. The Morgan fingerprint density at radius 2 is 1.88 bits per heavy atom. The quantitative estimate of drug-likeness (QED) is 0.637. The zero-order valence-electron chi connectivity index (χ0n) is 13.1. The Morgan fingerprint density at radius 1 is 1.17 bits per heavy atom. The molecule has 0 spiro atoms. The van der Waals surface area contributed by atoms with Crippen LogP contribution in [0.25, 0.3) is 0 Å². The summed E-state index contributed by atoms with van der Waals surface area (Å²) in [6.45, 7) is 1.83. The van der Waals surface area contributed by atoms with Crippen LogP contribution < -0.4 is 20.9 Å². The second-order valence-electron chi connectivity index (χ2n) is 5.50. The molecule has 0 aromatic heterocycles. The maximum atomic E-state index is 12.2. The molecule has 0 fully saturated rings. The van der Waals surface area contributed by atoms with E-state index in [-0.39, 0.29) is 23.8 Å². The summed E-state index contributed by atoms with van der Waals surface area (Å²) in [6.07, 6.45) is -0.609. The van der Waals surface area contributed by atoms with Crippen molar-refractivity contribution in [3.05, 3.63) is 42.0 Å². The van der Waals surface area contributed by atoms with Crippen molar-refractivity contribution in [1.82, 2.24) is 0 Å². The number of ether oxygens (including phenoxy) is 2. The molecule has 0 saturated carbocycles. The standard InChI is InChI=1S/C16H18N2O5S/c1-10-2-4-12(5-3-10)24(19,20)22-9-11-8-21-14-7-6-13(17)15(18)16(14)23-11/h2-7,11H,8-9,17-18H2,1H3/t11-/m1/s1. The molecule has 1 atom stereocenters. The minimum atomic E-state index is -3.86. The lowest BCUT2D eigenvalue weighted by Gasteiger charge is -2.27. The Hall–Kier alpha value is -2.45. The van der Waals surface area contributed by atoms with Crippen molar-refractivity contribution in [3.63, 3.8) is 0 Å². The van der Waals surface area contributed by atoms with E-state index >= 15 is 0 Å². The van der Waals surface area contributed by atoms with Crippen molar-refractivity contribution in [2.75, 3.05) is 24.7 Å². The first kappa shape index (κ1) is 16.4. The van der Waals surface area contributed by atoms with Gasteiger partial charge in [0.05, 0.1) is 10.6 Å². The zero-order chi connectivity index (χ0) is 17.3. The van der Waals surface area contributed by atoms with Crippen LogP contribution in [0, 0.1) is 6.92 Å². The number of rotatable bonds is 4. The molecular weight excluding hydrogens is 332 g/mol.